The minimum absolute atomic E-state index is 0.0379. The van der Waals surface area contributed by atoms with Crippen molar-refractivity contribution in [3.8, 4) is 0 Å². The summed E-state index contributed by atoms with van der Waals surface area (Å²) < 4.78 is 24.1. The van der Waals surface area contributed by atoms with Crippen molar-refractivity contribution in [3.05, 3.63) is 22.5 Å². The molecular weight excluding hydrogens is 221 g/mol. The second kappa shape index (κ2) is 4.16. The number of anilines is 1. The average molecular weight is 231 g/mol. The molecule has 7 nitrogen and oxygen atoms in total. The standard InChI is InChI=1S/C8H10FN3O4/c9-4-1-12(8(14)11-7(4)10)5-3-15-6(2-13)16-5/h1,5-6,13H,2-3H2,(H2,10,11,14)/t5?,6-/m0/s1. The fourth-order valence-electron chi connectivity index (χ4n) is 1.35. The summed E-state index contributed by atoms with van der Waals surface area (Å²) in [6.45, 7) is -0.299. The molecule has 1 aromatic heterocycles. The third-order valence-corrected chi connectivity index (χ3v) is 2.13. The topological polar surface area (TPSA) is 99.6 Å². The van der Waals surface area contributed by atoms with Gasteiger partial charge in [0.05, 0.1) is 19.4 Å². The van der Waals surface area contributed by atoms with Crippen LogP contribution in [0.3, 0.4) is 0 Å². The molecule has 16 heavy (non-hydrogen) atoms. The minimum atomic E-state index is -0.810. The molecule has 2 heterocycles. The molecule has 88 valence electrons. The number of nitrogens with zero attached hydrogens (tertiary/aromatic N) is 2. The maximum Gasteiger partial charge on any atom is 0.351 e. The number of hydrogen-bond donors (Lipinski definition) is 2. The Morgan fingerprint density at radius 2 is 2.50 bits per heavy atom. The summed E-state index contributed by atoms with van der Waals surface area (Å²) in [5.74, 6) is -1.27. The van der Waals surface area contributed by atoms with Crippen LogP contribution in [0.2, 0.25) is 0 Å². The van der Waals surface area contributed by atoms with E-state index in [2.05, 4.69) is 4.98 Å². The number of aliphatic hydroxyl groups is 1. The molecule has 0 bridgehead atoms. The van der Waals surface area contributed by atoms with Gasteiger partial charge < -0.3 is 20.3 Å². The van der Waals surface area contributed by atoms with Crippen molar-refractivity contribution >= 4 is 5.82 Å². The molecule has 0 spiro atoms. The lowest BCUT2D eigenvalue weighted by atomic mass is 10.5. The van der Waals surface area contributed by atoms with Crippen LogP contribution in [-0.2, 0) is 9.47 Å². The van der Waals surface area contributed by atoms with Crippen LogP contribution >= 0.6 is 0 Å². The Kier molecular flexibility index (Phi) is 2.86. The van der Waals surface area contributed by atoms with Gasteiger partial charge in [0.1, 0.15) is 0 Å². The quantitative estimate of drug-likeness (QED) is 0.665. The van der Waals surface area contributed by atoms with Gasteiger partial charge in [-0.05, 0) is 0 Å². The average Bonchev–Trinajstić information content (AvgIpc) is 2.71. The van der Waals surface area contributed by atoms with Gasteiger partial charge in [-0.2, -0.15) is 4.98 Å². The van der Waals surface area contributed by atoms with Crippen LogP contribution in [0.1, 0.15) is 6.23 Å². The van der Waals surface area contributed by atoms with Crippen LogP contribution in [0.5, 0.6) is 0 Å². The van der Waals surface area contributed by atoms with E-state index >= 15 is 0 Å². The highest BCUT2D eigenvalue weighted by Crippen LogP contribution is 2.19. The fraction of sp³-hybridized carbons (Fsp3) is 0.500. The van der Waals surface area contributed by atoms with Crippen molar-refractivity contribution in [2.45, 2.75) is 12.5 Å². The molecule has 1 aromatic rings. The molecule has 8 heteroatoms. The highest BCUT2D eigenvalue weighted by atomic mass is 19.1. The highest BCUT2D eigenvalue weighted by molar-refractivity contribution is 5.26. The zero-order chi connectivity index (χ0) is 11.7. The van der Waals surface area contributed by atoms with E-state index in [1.54, 1.807) is 0 Å². The Bertz CT molecular complexity index is 449. The molecule has 0 aliphatic carbocycles. The van der Waals surface area contributed by atoms with E-state index in [0.29, 0.717) is 0 Å². The van der Waals surface area contributed by atoms with Gasteiger partial charge in [0.25, 0.3) is 0 Å². The summed E-state index contributed by atoms with van der Waals surface area (Å²) in [5, 5.41) is 8.75. The molecule has 1 unspecified atom stereocenters. The number of nitrogen functional groups attached to an aromatic ring is 1. The van der Waals surface area contributed by atoms with Crippen LogP contribution in [-0.4, -0.2) is 34.2 Å². The molecule has 0 amide bonds. The van der Waals surface area contributed by atoms with Crippen molar-refractivity contribution in [1.82, 2.24) is 9.55 Å². The van der Waals surface area contributed by atoms with Crippen LogP contribution < -0.4 is 11.4 Å². The predicted molar refractivity (Wildman–Crippen MR) is 49.8 cm³/mol. The summed E-state index contributed by atoms with van der Waals surface area (Å²) in [4.78, 5) is 14.7. The van der Waals surface area contributed by atoms with Crippen molar-refractivity contribution in [2.24, 2.45) is 0 Å². The number of rotatable bonds is 2. The van der Waals surface area contributed by atoms with Gasteiger partial charge in [-0.25, -0.2) is 9.18 Å². The second-order valence-corrected chi connectivity index (χ2v) is 3.20. The van der Waals surface area contributed by atoms with Gasteiger partial charge in [0.2, 0.25) is 0 Å². The van der Waals surface area contributed by atoms with Gasteiger partial charge in [0, 0.05) is 0 Å². The summed E-state index contributed by atoms with van der Waals surface area (Å²) in [6.07, 6.45) is -0.705. The second-order valence-electron chi connectivity index (χ2n) is 3.20. The number of hydrogen-bond acceptors (Lipinski definition) is 6. The molecule has 0 aromatic carbocycles. The first-order chi connectivity index (χ1) is 7.61. The van der Waals surface area contributed by atoms with E-state index < -0.39 is 29.8 Å². The van der Waals surface area contributed by atoms with Crippen molar-refractivity contribution < 1.29 is 19.0 Å². The third-order valence-electron chi connectivity index (χ3n) is 2.13. The maximum atomic E-state index is 13.1. The molecule has 3 N–H and O–H groups in total. The molecule has 0 radical (unpaired) electrons. The zero-order valence-electron chi connectivity index (χ0n) is 8.17. The molecule has 0 saturated carbocycles. The Labute approximate surface area is 89.2 Å². The third kappa shape index (κ3) is 1.90. The number of aliphatic hydroxyl groups excluding tert-OH is 1. The van der Waals surface area contributed by atoms with Crippen LogP contribution in [0.15, 0.2) is 11.0 Å². The normalized spacial score (nSPS) is 24.9. The zero-order valence-corrected chi connectivity index (χ0v) is 8.17. The Morgan fingerprint density at radius 3 is 3.12 bits per heavy atom. The lowest BCUT2D eigenvalue weighted by molar-refractivity contribution is -0.0993. The van der Waals surface area contributed by atoms with E-state index in [1.807, 2.05) is 0 Å². The number of nitrogens with two attached hydrogens (primary N) is 1. The lowest BCUT2D eigenvalue weighted by Crippen LogP contribution is -2.29. The molecule has 1 fully saturated rings. The number of aromatic nitrogens is 2. The highest BCUT2D eigenvalue weighted by Gasteiger charge is 2.28. The Morgan fingerprint density at radius 1 is 1.75 bits per heavy atom. The Hall–Kier alpha value is -1.51. The van der Waals surface area contributed by atoms with E-state index in [-0.39, 0.29) is 13.2 Å². The van der Waals surface area contributed by atoms with Gasteiger partial charge in [0.15, 0.2) is 24.2 Å². The Balaban J connectivity index is 2.28. The molecule has 1 aliphatic heterocycles. The van der Waals surface area contributed by atoms with E-state index in [4.69, 9.17) is 20.3 Å². The molecular formula is C8H10FN3O4. The molecule has 1 saturated heterocycles. The fourth-order valence-corrected chi connectivity index (χ4v) is 1.35. The smallest absolute Gasteiger partial charge is 0.351 e. The SMILES string of the molecule is Nc1nc(=O)n(C2CO[C@H](CO)O2)cc1F. The number of halogens is 1. The first-order valence-corrected chi connectivity index (χ1v) is 4.54. The largest absolute Gasteiger partial charge is 0.391 e. The van der Waals surface area contributed by atoms with E-state index in [1.165, 1.54) is 0 Å². The van der Waals surface area contributed by atoms with Crippen LogP contribution in [0, 0.1) is 5.82 Å². The molecule has 1 aliphatic rings. The minimum Gasteiger partial charge on any atom is -0.391 e. The summed E-state index contributed by atoms with van der Waals surface area (Å²) in [7, 11) is 0. The molecule has 2 atom stereocenters. The number of ether oxygens (including phenoxy) is 2. The maximum absolute atomic E-state index is 13.1. The lowest BCUT2D eigenvalue weighted by Gasteiger charge is -2.12. The first kappa shape index (κ1) is 11.0. The summed E-state index contributed by atoms with van der Waals surface area (Å²) in [6, 6.07) is 0. The van der Waals surface area contributed by atoms with Gasteiger partial charge in [-0.1, -0.05) is 0 Å². The summed E-state index contributed by atoms with van der Waals surface area (Å²) >= 11 is 0. The first-order valence-electron chi connectivity index (χ1n) is 4.54. The van der Waals surface area contributed by atoms with Crippen molar-refractivity contribution in [1.29, 1.82) is 0 Å². The molecule has 2 rings (SSSR count). The van der Waals surface area contributed by atoms with E-state index in [9.17, 15) is 9.18 Å². The monoisotopic (exact) mass is 231 g/mol. The van der Waals surface area contributed by atoms with Crippen molar-refractivity contribution in [2.75, 3.05) is 18.9 Å². The van der Waals surface area contributed by atoms with Crippen LogP contribution in [0.4, 0.5) is 10.2 Å². The summed E-state index contributed by atoms with van der Waals surface area (Å²) in [5.41, 5.74) is 4.40. The van der Waals surface area contributed by atoms with E-state index in [0.717, 1.165) is 10.8 Å². The van der Waals surface area contributed by atoms with Gasteiger partial charge in [-0.15, -0.1) is 0 Å². The van der Waals surface area contributed by atoms with Gasteiger partial charge >= 0.3 is 5.69 Å². The predicted octanol–water partition coefficient (Wildman–Crippen LogP) is -1.17. The van der Waals surface area contributed by atoms with Crippen molar-refractivity contribution in [3.63, 3.8) is 0 Å². The van der Waals surface area contributed by atoms with Crippen LogP contribution in [0.25, 0.3) is 0 Å². The van der Waals surface area contributed by atoms with Gasteiger partial charge in [-0.3, -0.25) is 4.57 Å².